The molecular formula is C12H12O3S. The van der Waals surface area contributed by atoms with E-state index in [1.54, 1.807) is 30.3 Å². The number of benzene rings is 1. The predicted octanol–water partition coefficient (Wildman–Crippen LogP) is 1.84. The number of hydrogen-bond donors (Lipinski definition) is 0. The molecule has 0 aliphatic heterocycles. The summed E-state index contributed by atoms with van der Waals surface area (Å²) in [5.74, 6) is 0.141. The standard InChI is InChI=1S/C12H12O3S/c1-16(14,15)12-6-3-9(4-7-12)10-2-5-11(13)8-10/h3-4,6-8H,2,5H2,1H3. The average Bonchev–Trinajstić information content (AvgIpc) is 2.64. The number of allylic oxidation sites excluding steroid dienone is 2. The van der Waals surface area contributed by atoms with Crippen LogP contribution in [0.4, 0.5) is 0 Å². The summed E-state index contributed by atoms with van der Waals surface area (Å²) in [6.07, 6.45) is 4.12. The van der Waals surface area contributed by atoms with E-state index in [1.807, 2.05) is 0 Å². The molecule has 0 N–H and O–H groups in total. The first kappa shape index (κ1) is 11.1. The first-order valence-electron chi connectivity index (χ1n) is 5.01. The molecule has 16 heavy (non-hydrogen) atoms. The van der Waals surface area contributed by atoms with Crippen LogP contribution in [0.1, 0.15) is 18.4 Å². The molecule has 0 saturated carbocycles. The highest BCUT2D eigenvalue weighted by atomic mass is 32.2. The summed E-state index contributed by atoms with van der Waals surface area (Å²) in [4.78, 5) is 11.4. The zero-order valence-electron chi connectivity index (χ0n) is 8.93. The third-order valence-corrected chi connectivity index (χ3v) is 3.76. The van der Waals surface area contributed by atoms with E-state index in [0.29, 0.717) is 11.3 Å². The van der Waals surface area contributed by atoms with E-state index < -0.39 is 9.84 Å². The van der Waals surface area contributed by atoms with Gasteiger partial charge in [0.2, 0.25) is 0 Å². The smallest absolute Gasteiger partial charge is 0.175 e. The normalized spacial score (nSPS) is 16.3. The van der Waals surface area contributed by atoms with E-state index in [0.717, 1.165) is 17.6 Å². The third kappa shape index (κ3) is 2.22. The molecule has 2 rings (SSSR count). The molecule has 3 nitrogen and oxygen atoms in total. The molecule has 4 heteroatoms. The Bertz CT molecular complexity index is 550. The fourth-order valence-corrected chi connectivity index (χ4v) is 2.37. The zero-order valence-corrected chi connectivity index (χ0v) is 9.75. The Hall–Kier alpha value is -1.42. The molecule has 0 radical (unpaired) electrons. The third-order valence-electron chi connectivity index (χ3n) is 2.63. The van der Waals surface area contributed by atoms with E-state index in [-0.39, 0.29) is 5.78 Å². The first-order chi connectivity index (χ1) is 7.47. The summed E-state index contributed by atoms with van der Waals surface area (Å²) >= 11 is 0. The van der Waals surface area contributed by atoms with E-state index in [1.165, 1.54) is 6.26 Å². The van der Waals surface area contributed by atoms with Crippen molar-refractivity contribution in [2.75, 3.05) is 6.26 Å². The maximum absolute atomic E-state index is 11.2. The second-order valence-electron chi connectivity index (χ2n) is 3.93. The lowest BCUT2D eigenvalue weighted by molar-refractivity contribution is -0.114. The van der Waals surface area contributed by atoms with Crippen molar-refractivity contribution in [1.29, 1.82) is 0 Å². The van der Waals surface area contributed by atoms with E-state index >= 15 is 0 Å². The molecule has 0 spiro atoms. The van der Waals surface area contributed by atoms with E-state index in [2.05, 4.69) is 0 Å². The Morgan fingerprint density at radius 3 is 2.12 bits per heavy atom. The van der Waals surface area contributed by atoms with Gasteiger partial charge in [-0.05, 0) is 35.8 Å². The zero-order chi connectivity index (χ0) is 11.8. The maximum Gasteiger partial charge on any atom is 0.175 e. The molecule has 0 heterocycles. The van der Waals surface area contributed by atoms with Crippen molar-refractivity contribution in [2.45, 2.75) is 17.7 Å². The van der Waals surface area contributed by atoms with Gasteiger partial charge in [-0.1, -0.05) is 12.1 Å². The lowest BCUT2D eigenvalue weighted by atomic mass is 10.1. The Balaban J connectivity index is 2.34. The van der Waals surface area contributed by atoms with Crippen LogP contribution in [-0.2, 0) is 14.6 Å². The van der Waals surface area contributed by atoms with Crippen LogP contribution in [0.3, 0.4) is 0 Å². The van der Waals surface area contributed by atoms with Gasteiger partial charge >= 0.3 is 0 Å². The van der Waals surface area contributed by atoms with Crippen LogP contribution in [0.2, 0.25) is 0 Å². The Morgan fingerprint density at radius 1 is 1.06 bits per heavy atom. The Morgan fingerprint density at radius 2 is 1.69 bits per heavy atom. The fraction of sp³-hybridized carbons (Fsp3) is 0.250. The van der Waals surface area contributed by atoms with Gasteiger partial charge in [-0.25, -0.2) is 8.42 Å². The van der Waals surface area contributed by atoms with Gasteiger partial charge in [-0.2, -0.15) is 0 Å². The highest BCUT2D eigenvalue weighted by Gasteiger charge is 2.14. The van der Waals surface area contributed by atoms with Crippen molar-refractivity contribution in [2.24, 2.45) is 0 Å². The summed E-state index contributed by atoms with van der Waals surface area (Å²) in [7, 11) is -3.14. The quantitative estimate of drug-likeness (QED) is 0.787. The monoisotopic (exact) mass is 236 g/mol. The number of sulfone groups is 1. The van der Waals surface area contributed by atoms with Gasteiger partial charge in [0.15, 0.2) is 15.6 Å². The molecule has 0 saturated heterocycles. The lowest BCUT2D eigenvalue weighted by Gasteiger charge is -2.03. The largest absolute Gasteiger partial charge is 0.295 e. The SMILES string of the molecule is CS(=O)(=O)c1ccc(C2=CC(=O)CC2)cc1. The Kier molecular flexibility index (Phi) is 2.68. The van der Waals surface area contributed by atoms with Crippen molar-refractivity contribution < 1.29 is 13.2 Å². The molecule has 1 aromatic rings. The van der Waals surface area contributed by atoms with Gasteiger partial charge in [-0.15, -0.1) is 0 Å². The van der Waals surface area contributed by atoms with Gasteiger partial charge in [0, 0.05) is 12.7 Å². The number of carbonyl (C=O) groups is 1. The highest BCUT2D eigenvalue weighted by molar-refractivity contribution is 7.90. The Labute approximate surface area is 94.7 Å². The average molecular weight is 236 g/mol. The van der Waals surface area contributed by atoms with Gasteiger partial charge < -0.3 is 0 Å². The second-order valence-corrected chi connectivity index (χ2v) is 5.95. The maximum atomic E-state index is 11.2. The number of carbonyl (C=O) groups excluding carboxylic acids is 1. The van der Waals surface area contributed by atoms with Gasteiger partial charge in [0.05, 0.1) is 4.90 Å². The first-order valence-corrected chi connectivity index (χ1v) is 6.90. The van der Waals surface area contributed by atoms with Crippen molar-refractivity contribution >= 4 is 21.2 Å². The minimum absolute atomic E-state index is 0.141. The molecule has 1 aliphatic carbocycles. The molecule has 84 valence electrons. The second kappa shape index (κ2) is 3.87. The molecule has 1 aromatic carbocycles. The van der Waals surface area contributed by atoms with Crippen molar-refractivity contribution in [3.63, 3.8) is 0 Å². The fourth-order valence-electron chi connectivity index (χ4n) is 1.74. The van der Waals surface area contributed by atoms with Crippen molar-refractivity contribution in [3.05, 3.63) is 35.9 Å². The minimum Gasteiger partial charge on any atom is -0.295 e. The van der Waals surface area contributed by atoms with Crippen molar-refractivity contribution in [1.82, 2.24) is 0 Å². The molecule has 1 aliphatic rings. The summed E-state index contributed by atoms with van der Waals surface area (Å²) < 4.78 is 22.5. The van der Waals surface area contributed by atoms with Crippen LogP contribution in [0.15, 0.2) is 35.2 Å². The molecule has 0 amide bonds. The molecule has 0 unspecified atom stereocenters. The number of rotatable bonds is 2. The number of hydrogen-bond acceptors (Lipinski definition) is 3. The molecule has 0 aromatic heterocycles. The molecular weight excluding hydrogens is 224 g/mol. The van der Waals surface area contributed by atoms with Gasteiger partial charge in [-0.3, -0.25) is 4.79 Å². The minimum atomic E-state index is -3.14. The summed E-state index contributed by atoms with van der Waals surface area (Å²) in [6, 6.07) is 6.66. The van der Waals surface area contributed by atoms with Crippen LogP contribution >= 0.6 is 0 Å². The topological polar surface area (TPSA) is 51.2 Å². The summed E-state index contributed by atoms with van der Waals surface area (Å²) in [5.41, 5.74) is 1.92. The summed E-state index contributed by atoms with van der Waals surface area (Å²) in [6.45, 7) is 0. The number of ketones is 1. The van der Waals surface area contributed by atoms with Crippen LogP contribution in [0.5, 0.6) is 0 Å². The lowest BCUT2D eigenvalue weighted by Crippen LogP contribution is -1.96. The molecule has 0 bridgehead atoms. The highest BCUT2D eigenvalue weighted by Crippen LogP contribution is 2.26. The molecule has 0 fully saturated rings. The predicted molar refractivity (Wildman–Crippen MR) is 61.8 cm³/mol. The van der Waals surface area contributed by atoms with Crippen molar-refractivity contribution in [3.8, 4) is 0 Å². The van der Waals surface area contributed by atoms with Gasteiger partial charge in [0.1, 0.15) is 0 Å². The van der Waals surface area contributed by atoms with Crippen LogP contribution < -0.4 is 0 Å². The van der Waals surface area contributed by atoms with Gasteiger partial charge in [0.25, 0.3) is 0 Å². The van der Waals surface area contributed by atoms with E-state index in [9.17, 15) is 13.2 Å². The molecule has 0 atom stereocenters. The summed E-state index contributed by atoms with van der Waals surface area (Å²) in [5, 5.41) is 0. The van der Waals surface area contributed by atoms with Crippen LogP contribution in [0, 0.1) is 0 Å². The van der Waals surface area contributed by atoms with E-state index in [4.69, 9.17) is 0 Å². The van der Waals surface area contributed by atoms with Crippen LogP contribution in [0.25, 0.3) is 5.57 Å². The van der Waals surface area contributed by atoms with Crippen LogP contribution in [-0.4, -0.2) is 20.5 Å².